The Hall–Kier alpha value is -1.63. The van der Waals surface area contributed by atoms with Crippen LogP contribution in [-0.2, 0) is 9.59 Å². The van der Waals surface area contributed by atoms with Gasteiger partial charge in [0.1, 0.15) is 5.78 Å². The minimum absolute atomic E-state index is 0.289. The number of nitriles is 1. The van der Waals surface area contributed by atoms with Gasteiger partial charge in [0.05, 0.1) is 6.07 Å². The van der Waals surface area contributed by atoms with E-state index in [0.717, 1.165) is 0 Å². The van der Waals surface area contributed by atoms with Crippen molar-refractivity contribution >= 4 is 11.8 Å². The molecule has 0 aromatic heterocycles. The fourth-order valence-corrected chi connectivity index (χ4v) is 1.01. The van der Waals surface area contributed by atoms with E-state index in [1.807, 2.05) is 0 Å². The molecular formula is C9H11NO3. The number of ketones is 1. The number of aliphatic carboxylic acids is 1. The smallest absolute Gasteiger partial charge is 0.328 e. The van der Waals surface area contributed by atoms with Crippen molar-refractivity contribution < 1.29 is 14.7 Å². The summed E-state index contributed by atoms with van der Waals surface area (Å²) >= 11 is 0. The van der Waals surface area contributed by atoms with Crippen LogP contribution in [-0.4, -0.2) is 16.9 Å². The summed E-state index contributed by atoms with van der Waals surface area (Å²) in [6.07, 6.45) is 2.40. The van der Waals surface area contributed by atoms with Crippen LogP contribution in [0.2, 0.25) is 0 Å². The van der Waals surface area contributed by atoms with Crippen LogP contribution in [0.1, 0.15) is 20.3 Å². The Morgan fingerprint density at radius 2 is 2.15 bits per heavy atom. The van der Waals surface area contributed by atoms with Crippen molar-refractivity contribution in [2.45, 2.75) is 20.3 Å². The average Bonchev–Trinajstić information content (AvgIpc) is 2.02. The van der Waals surface area contributed by atoms with Crippen molar-refractivity contribution in [3.63, 3.8) is 0 Å². The van der Waals surface area contributed by atoms with Gasteiger partial charge in [-0.05, 0) is 13.8 Å². The Labute approximate surface area is 76.5 Å². The largest absolute Gasteiger partial charge is 0.480 e. The lowest BCUT2D eigenvalue weighted by atomic mass is 9.84. The lowest BCUT2D eigenvalue weighted by Gasteiger charge is -2.14. The first-order chi connectivity index (χ1) is 5.98. The normalized spacial score (nSPS) is 14.8. The van der Waals surface area contributed by atoms with Crippen LogP contribution in [0.3, 0.4) is 0 Å². The third-order valence-electron chi connectivity index (χ3n) is 1.56. The molecule has 0 spiro atoms. The molecule has 0 unspecified atom stereocenters. The number of carboxylic acids is 1. The fraction of sp³-hybridized carbons (Fsp3) is 0.444. The van der Waals surface area contributed by atoms with Crippen LogP contribution in [0.15, 0.2) is 12.2 Å². The average molecular weight is 181 g/mol. The molecular weight excluding hydrogens is 170 g/mol. The highest BCUT2D eigenvalue weighted by atomic mass is 16.4. The molecule has 0 bridgehead atoms. The quantitative estimate of drug-likeness (QED) is 0.659. The minimum atomic E-state index is -1.69. The zero-order valence-electron chi connectivity index (χ0n) is 7.57. The molecule has 0 aliphatic heterocycles. The first-order valence-corrected chi connectivity index (χ1v) is 3.76. The van der Waals surface area contributed by atoms with Crippen LogP contribution in [0.4, 0.5) is 0 Å². The second-order valence-corrected chi connectivity index (χ2v) is 2.77. The Kier molecular flexibility index (Phi) is 3.86. The first kappa shape index (κ1) is 11.4. The number of carboxylic acid groups (broad SMARTS) is 1. The van der Waals surface area contributed by atoms with E-state index in [9.17, 15) is 9.59 Å². The van der Waals surface area contributed by atoms with Crippen molar-refractivity contribution in [1.82, 2.24) is 0 Å². The van der Waals surface area contributed by atoms with E-state index in [-0.39, 0.29) is 12.2 Å². The first-order valence-electron chi connectivity index (χ1n) is 3.76. The van der Waals surface area contributed by atoms with Gasteiger partial charge in [0.15, 0.2) is 5.41 Å². The summed E-state index contributed by atoms with van der Waals surface area (Å²) in [4.78, 5) is 21.5. The third kappa shape index (κ3) is 2.71. The fourth-order valence-electron chi connectivity index (χ4n) is 1.01. The van der Waals surface area contributed by atoms with Crippen molar-refractivity contribution in [2.75, 3.05) is 0 Å². The van der Waals surface area contributed by atoms with Crippen molar-refractivity contribution in [3.8, 4) is 6.07 Å². The van der Waals surface area contributed by atoms with E-state index >= 15 is 0 Å². The van der Waals surface area contributed by atoms with E-state index < -0.39 is 11.4 Å². The molecule has 0 aliphatic carbocycles. The molecule has 0 saturated carbocycles. The van der Waals surface area contributed by atoms with Gasteiger partial charge in [0, 0.05) is 6.42 Å². The number of Topliss-reactive ketones (excluding diaryl/α,β-unsaturated/α-hetero) is 1. The summed E-state index contributed by atoms with van der Waals surface area (Å²) in [6, 6.07) is 1.64. The van der Waals surface area contributed by atoms with E-state index in [4.69, 9.17) is 10.4 Å². The van der Waals surface area contributed by atoms with Crippen LogP contribution in [0, 0.1) is 16.7 Å². The minimum Gasteiger partial charge on any atom is -0.480 e. The van der Waals surface area contributed by atoms with Crippen LogP contribution >= 0.6 is 0 Å². The molecule has 0 rings (SSSR count). The monoisotopic (exact) mass is 181 g/mol. The summed E-state index contributed by atoms with van der Waals surface area (Å²) in [5, 5.41) is 17.5. The van der Waals surface area contributed by atoms with Gasteiger partial charge in [-0.25, -0.2) is 0 Å². The van der Waals surface area contributed by atoms with Crippen LogP contribution < -0.4 is 0 Å². The van der Waals surface area contributed by atoms with Crippen molar-refractivity contribution in [1.29, 1.82) is 5.26 Å². The summed E-state index contributed by atoms with van der Waals surface area (Å²) < 4.78 is 0. The van der Waals surface area contributed by atoms with Gasteiger partial charge in [-0.3, -0.25) is 9.59 Å². The summed E-state index contributed by atoms with van der Waals surface area (Å²) in [5.74, 6) is -1.61. The van der Waals surface area contributed by atoms with Crippen LogP contribution in [0.25, 0.3) is 0 Å². The molecule has 1 atom stereocenters. The standard InChI is InChI=1S/C9H11NO3/c1-3-4-9(6-10,8(12)13)5-7(2)11/h3-4H,5H2,1-2H3,(H,12,13)/b4-3+/t9-/m0/s1. The molecule has 0 aromatic rings. The Morgan fingerprint density at radius 3 is 2.38 bits per heavy atom. The van der Waals surface area contributed by atoms with E-state index in [1.165, 1.54) is 19.1 Å². The highest BCUT2D eigenvalue weighted by Crippen LogP contribution is 2.23. The van der Waals surface area contributed by atoms with Gasteiger partial charge in [-0.1, -0.05) is 12.2 Å². The molecule has 0 aromatic carbocycles. The maximum Gasteiger partial charge on any atom is 0.328 e. The molecule has 1 N–H and O–H groups in total. The van der Waals surface area contributed by atoms with E-state index in [1.54, 1.807) is 13.0 Å². The van der Waals surface area contributed by atoms with Gasteiger partial charge in [0.25, 0.3) is 0 Å². The van der Waals surface area contributed by atoms with Gasteiger partial charge < -0.3 is 5.11 Å². The SMILES string of the molecule is C/C=C/[C@@](C#N)(CC(C)=O)C(=O)O. The van der Waals surface area contributed by atoms with Crippen LogP contribution in [0.5, 0.6) is 0 Å². The maximum absolute atomic E-state index is 10.8. The van der Waals surface area contributed by atoms with Gasteiger partial charge in [0.2, 0.25) is 0 Å². The van der Waals surface area contributed by atoms with Crippen molar-refractivity contribution in [3.05, 3.63) is 12.2 Å². The second kappa shape index (κ2) is 4.41. The number of rotatable bonds is 4. The Morgan fingerprint density at radius 1 is 1.62 bits per heavy atom. The Bertz CT molecular complexity index is 288. The molecule has 70 valence electrons. The molecule has 0 heterocycles. The summed E-state index contributed by atoms with van der Waals surface area (Å²) in [6.45, 7) is 2.87. The van der Waals surface area contributed by atoms with Crippen molar-refractivity contribution in [2.24, 2.45) is 5.41 Å². The molecule has 0 fully saturated rings. The lowest BCUT2D eigenvalue weighted by molar-refractivity contribution is -0.145. The maximum atomic E-state index is 10.8. The number of carbonyl (C=O) groups is 2. The number of hydrogen-bond donors (Lipinski definition) is 1. The van der Waals surface area contributed by atoms with E-state index in [2.05, 4.69) is 0 Å². The van der Waals surface area contributed by atoms with Gasteiger partial charge in [-0.2, -0.15) is 5.26 Å². The zero-order valence-corrected chi connectivity index (χ0v) is 7.57. The zero-order chi connectivity index (χ0) is 10.5. The number of carbonyl (C=O) groups excluding carboxylic acids is 1. The predicted octanol–water partition coefficient (Wildman–Crippen LogP) is 1.14. The number of hydrogen-bond acceptors (Lipinski definition) is 3. The Balaban J connectivity index is 5.01. The number of nitrogens with zero attached hydrogens (tertiary/aromatic N) is 1. The highest BCUT2D eigenvalue weighted by molar-refractivity contribution is 5.88. The molecule has 0 amide bonds. The highest BCUT2D eigenvalue weighted by Gasteiger charge is 2.37. The second-order valence-electron chi connectivity index (χ2n) is 2.77. The topological polar surface area (TPSA) is 78.2 Å². The molecule has 4 nitrogen and oxygen atoms in total. The molecule has 13 heavy (non-hydrogen) atoms. The molecule has 0 aliphatic rings. The van der Waals surface area contributed by atoms with E-state index in [0.29, 0.717) is 0 Å². The molecule has 4 heteroatoms. The van der Waals surface area contributed by atoms with Gasteiger partial charge >= 0.3 is 5.97 Å². The summed E-state index contributed by atoms with van der Waals surface area (Å²) in [7, 11) is 0. The molecule has 0 radical (unpaired) electrons. The third-order valence-corrected chi connectivity index (χ3v) is 1.56. The van der Waals surface area contributed by atoms with Gasteiger partial charge in [-0.15, -0.1) is 0 Å². The summed E-state index contributed by atoms with van der Waals surface area (Å²) in [5.41, 5.74) is -1.69. The number of allylic oxidation sites excluding steroid dienone is 1. The molecule has 0 saturated heterocycles. The predicted molar refractivity (Wildman–Crippen MR) is 45.8 cm³/mol. The lowest BCUT2D eigenvalue weighted by Crippen LogP contribution is -2.29.